The van der Waals surface area contributed by atoms with Crippen molar-refractivity contribution >= 4 is 33.5 Å². The van der Waals surface area contributed by atoms with Crippen LogP contribution in [0.5, 0.6) is 0 Å². The quantitative estimate of drug-likeness (QED) is 0.721. The Kier molecular flexibility index (Phi) is 2.93. The fourth-order valence-corrected chi connectivity index (χ4v) is 3.13. The molecule has 1 heterocycles. The van der Waals surface area contributed by atoms with Crippen molar-refractivity contribution in [1.82, 2.24) is 0 Å². The van der Waals surface area contributed by atoms with Crippen LogP contribution in [-0.2, 0) is 5.75 Å². The Balaban J connectivity index is 2.62. The van der Waals surface area contributed by atoms with Crippen molar-refractivity contribution in [3.8, 4) is 0 Å². The number of carbonyl (C=O) groups is 1. The Labute approximate surface area is 94.2 Å². The van der Waals surface area contributed by atoms with Crippen LogP contribution in [0.2, 0.25) is 0 Å². The van der Waals surface area contributed by atoms with Gasteiger partial charge in [0.15, 0.2) is 5.78 Å². The van der Waals surface area contributed by atoms with Gasteiger partial charge in [0.25, 0.3) is 0 Å². The Morgan fingerprint density at radius 2 is 2.21 bits per heavy atom. The van der Waals surface area contributed by atoms with Crippen LogP contribution in [0, 0.1) is 5.82 Å². The summed E-state index contributed by atoms with van der Waals surface area (Å²) in [6.45, 7) is 0. The SMILES string of the molecule is O=C1CCSCc2c(Br)ccc(F)c21. The fourth-order valence-electron chi connectivity index (χ4n) is 1.50. The average molecular weight is 275 g/mol. The Bertz CT molecular complexity index is 392. The molecule has 0 unspecified atom stereocenters. The van der Waals surface area contributed by atoms with E-state index in [2.05, 4.69) is 15.9 Å². The molecule has 1 aliphatic rings. The molecule has 4 heteroatoms. The van der Waals surface area contributed by atoms with E-state index in [-0.39, 0.29) is 11.3 Å². The smallest absolute Gasteiger partial charge is 0.166 e. The van der Waals surface area contributed by atoms with Crippen LogP contribution in [0.15, 0.2) is 16.6 Å². The zero-order valence-corrected chi connectivity index (χ0v) is 9.75. The van der Waals surface area contributed by atoms with Crippen molar-refractivity contribution in [2.45, 2.75) is 12.2 Å². The van der Waals surface area contributed by atoms with Crippen LogP contribution in [0.4, 0.5) is 4.39 Å². The number of fused-ring (bicyclic) bond motifs is 1. The van der Waals surface area contributed by atoms with Gasteiger partial charge in [0.05, 0.1) is 5.56 Å². The van der Waals surface area contributed by atoms with Crippen LogP contribution in [-0.4, -0.2) is 11.5 Å². The molecule has 0 radical (unpaired) electrons. The first kappa shape index (κ1) is 10.2. The van der Waals surface area contributed by atoms with Crippen molar-refractivity contribution in [2.75, 3.05) is 5.75 Å². The monoisotopic (exact) mass is 274 g/mol. The first-order chi connectivity index (χ1) is 6.70. The first-order valence-electron chi connectivity index (χ1n) is 4.28. The van der Waals surface area contributed by atoms with Crippen molar-refractivity contribution in [1.29, 1.82) is 0 Å². The first-order valence-corrected chi connectivity index (χ1v) is 6.22. The molecule has 14 heavy (non-hydrogen) atoms. The van der Waals surface area contributed by atoms with E-state index in [4.69, 9.17) is 0 Å². The van der Waals surface area contributed by atoms with Gasteiger partial charge in [-0.2, -0.15) is 11.8 Å². The summed E-state index contributed by atoms with van der Waals surface area (Å²) in [6, 6.07) is 3.00. The molecular weight excluding hydrogens is 267 g/mol. The molecule has 2 rings (SSSR count). The van der Waals surface area contributed by atoms with E-state index in [0.29, 0.717) is 12.2 Å². The minimum absolute atomic E-state index is 0.0798. The number of hydrogen-bond acceptors (Lipinski definition) is 2. The molecule has 1 aromatic rings. The number of carbonyl (C=O) groups excluding carboxylic acids is 1. The molecule has 0 aliphatic carbocycles. The van der Waals surface area contributed by atoms with E-state index in [1.54, 1.807) is 17.8 Å². The van der Waals surface area contributed by atoms with Crippen LogP contribution in [0.25, 0.3) is 0 Å². The summed E-state index contributed by atoms with van der Waals surface area (Å²) in [4.78, 5) is 11.6. The van der Waals surface area contributed by atoms with Gasteiger partial charge in [0.2, 0.25) is 0 Å². The highest BCUT2D eigenvalue weighted by Crippen LogP contribution is 2.31. The maximum Gasteiger partial charge on any atom is 0.166 e. The second-order valence-electron chi connectivity index (χ2n) is 3.11. The molecular formula is C10H8BrFOS. The minimum Gasteiger partial charge on any atom is -0.294 e. The lowest BCUT2D eigenvalue weighted by atomic mass is 10.0. The Morgan fingerprint density at radius 3 is 3.00 bits per heavy atom. The fraction of sp³-hybridized carbons (Fsp3) is 0.300. The molecule has 0 atom stereocenters. The minimum atomic E-state index is -0.393. The molecule has 0 saturated carbocycles. The van der Waals surface area contributed by atoms with Gasteiger partial charge >= 0.3 is 0 Å². The Morgan fingerprint density at radius 1 is 1.43 bits per heavy atom. The zero-order valence-electron chi connectivity index (χ0n) is 7.35. The van der Waals surface area contributed by atoms with E-state index in [1.807, 2.05) is 0 Å². The topological polar surface area (TPSA) is 17.1 Å². The number of Topliss-reactive ketones (excluding diaryl/α,β-unsaturated/α-hetero) is 1. The maximum absolute atomic E-state index is 13.4. The van der Waals surface area contributed by atoms with E-state index < -0.39 is 5.82 Å². The molecule has 0 amide bonds. The largest absolute Gasteiger partial charge is 0.294 e. The summed E-state index contributed by atoms with van der Waals surface area (Å²) in [5.74, 6) is 1.01. The van der Waals surface area contributed by atoms with Gasteiger partial charge in [0.1, 0.15) is 5.82 Å². The number of rotatable bonds is 0. The molecule has 0 N–H and O–H groups in total. The van der Waals surface area contributed by atoms with Gasteiger partial charge in [-0.05, 0) is 17.7 Å². The molecule has 1 nitrogen and oxygen atoms in total. The summed E-state index contributed by atoms with van der Waals surface area (Å²) in [7, 11) is 0. The summed E-state index contributed by atoms with van der Waals surface area (Å²) in [5, 5.41) is 0. The standard InChI is InChI=1S/C10H8BrFOS/c11-7-1-2-8(12)10-6(7)5-14-4-3-9(10)13/h1-2H,3-5H2. The number of thioether (sulfide) groups is 1. The van der Waals surface area contributed by atoms with Crippen LogP contribution in [0.1, 0.15) is 22.3 Å². The normalized spacial score (nSPS) is 16.3. The third-order valence-corrected chi connectivity index (χ3v) is 3.93. The maximum atomic E-state index is 13.4. The lowest BCUT2D eigenvalue weighted by Gasteiger charge is -2.07. The summed E-state index contributed by atoms with van der Waals surface area (Å²) in [6.07, 6.45) is 0.436. The Hall–Kier alpha value is -0.350. The summed E-state index contributed by atoms with van der Waals surface area (Å²) < 4.78 is 14.3. The van der Waals surface area contributed by atoms with Crippen LogP contribution < -0.4 is 0 Å². The molecule has 0 spiro atoms. The third kappa shape index (κ3) is 1.73. The van der Waals surface area contributed by atoms with Crippen molar-refractivity contribution in [3.63, 3.8) is 0 Å². The van der Waals surface area contributed by atoms with E-state index in [0.717, 1.165) is 15.8 Å². The second kappa shape index (κ2) is 4.03. The predicted octanol–water partition coefficient (Wildman–Crippen LogP) is 3.41. The van der Waals surface area contributed by atoms with E-state index in [9.17, 15) is 9.18 Å². The second-order valence-corrected chi connectivity index (χ2v) is 5.07. The van der Waals surface area contributed by atoms with Crippen molar-refractivity contribution in [2.24, 2.45) is 0 Å². The van der Waals surface area contributed by atoms with Crippen LogP contribution >= 0.6 is 27.7 Å². The number of ketones is 1. The highest BCUT2D eigenvalue weighted by molar-refractivity contribution is 9.10. The molecule has 0 aromatic heterocycles. The lowest BCUT2D eigenvalue weighted by molar-refractivity contribution is 0.0985. The van der Waals surface area contributed by atoms with Gasteiger partial charge in [-0.3, -0.25) is 4.79 Å². The van der Waals surface area contributed by atoms with E-state index >= 15 is 0 Å². The third-order valence-electron chi connectivity index (χ3n) is 2.20. The molecule has 74 valence electrons. The zero-order chi connectivity index (χ0) is 10.1. The number of halogens is 2. The van der Waals surface area contributed by atoms with Crippen molar-refractivity contribution < 1.29 is 9.18 Å². The summed E-state index contributed by atoms with van der Waals surface area (Å²) in [5.41, 5.74) is 1.09. The number of hydrogen-bond donors (Lipinski definition) is 0. The average Bonchev–Trinajstić information content (AvgIpc) is 2.35. The summed E-state index contributed by atoms with van der Waals surface area (Å²) >= 11 is 5.01. The molecule has 1 aliphatic heterocycles. The van der Waals surface area contributed by atoms with Gasteiger partial charge in [-0.15, -0.1) is 0 Å². The van der Waals surface area contributed by atoms with Gasteiger partial charge in [-0.25, -0.2) is 4.39 Å². The highest BCUT2D eigenvalue weighted by atomic mass is 79.9. The van der Waals surface area contributed by atoms with Crippen LogP contribution in [0.3, 0.4) is 0 Å². The van der Waals surface area contributed by atoms with Gasteiger partial charge in [0, 0.05) is 22.4 Å². The molecule has 1 aromatic carbocycles. The van der Waals surface area contributed by atoms with E-state index in [1.165, 1.54) is 6.07 Å². The number of benzene rings is 1. The highest BCUT2D eigenvalue weighted by Gasteiger charge is 2.21. The molecule has 0 fully saturated rings. The van der Waals surface area contributed by atoms with Gasteiger partial charge in [-0.1, -0.05) is 15.9 Å². The van der Waals surface area contributed by atoms with Gasteiger partial charge < -0.3 is 0 Å². The predicted molar refractivity (Wildman–Crippen MR) is 59.2 cm³/mol. The van der Waals surface area contributed by atoms with Crippen molar-refractivity contribution in [3.05, 3.63) is 33.5 Å². The molecule has 0 saturated heterocycles. The lowest BCUT2D eigenvalue weighted by Crippen LogP contribution is -2.05. The molecule has 0 bridgehead atoms.